The molecule has 42 heavy (non-hydrogen) atoms. The van der Waals surface area contributed by atoms with Crippen LogP contribution < -0.4 is 0 Å². The molecule has 0 bridgehead atoms. The SMILES string of the molecule is Brc1ccc2c(c1)c1cc(Br)ccc1n2CCCCCCCCCCCCn1c2ccc(Br)cc2c2cc(Br)ccc21. The van der Waals surface area contributed by atoms with Crippen LogP contribution in [-0.2, 0) is 13.1 Å². The van der Waals surface area contributed by atoms with Crippen LogP contribution in [-0.4, -0.2) is 9.13 Å². The van der Waals surface area contributed by atoms with Crippen LogP contribution in [0.1, 0.15) is 64.2 Å². The lowest BCUT2D eigenvalue weighted by atomic mass is 10.1. The molecule has 0 spiro atoms. The number of aromatic nitrogens is 2. The second-order valence-corrected chi connectivity index (χ2v) is 15.1. The molecule has 0 N–H and O–H groups in total. The van der Waals surface area contributed by atoms with Gasteiger partial charge in [-0.2, -0.15) is 0 Å². The molecule has 6 aromatic rings. The molecular weight excluding hydrogens is 780 g/mol. The Labute approximate surface area is 282 Å². The van der Waals surface area contributed by atoms with E-state index in [9.17, 15) is 0 Å². The number of rotatable bonds is 13. The number of aryl methyl sites for hydroxylation is 2. The molecule has 218 valence electrons. The van der Waals surface area contributed by atoms with E-state index < -0.39 is 0 Å². The van der Waals surface area contributed by atoms with Gasteiger partial charge in [0.1, 0.15) is 0 Å². The number of nitrogens with zero attached hydrogens (tertiary/aromatic N) is 2. The number of benzene rings is 4. The summed E-state index contributed by atoms with van der Waals surface area (Å²) in [5, 5.41) is 5.32. The molecule has 2 heterocycles. The summed E-state index contributed by atoms with van der Waals surface area (Å²) in [6.45, 7) is 2.17. The minimum Gasteiger partial charge on any atom is -0.340 e. The zero-order chi connectivity index (χ0) is 29.1. The fourth-order valence-electron chi connectivity index (χ4n) is 6.53. The normalized spacial score (nSPS) is 12.0. The van der Waals surface area contributed by atoms with Crippen LogP contribution in [0.25, 0.3) is 43.6 Å². The Hall–Kier alpha value is -1.60. The largest absolute Gasteiger partial charge is 0.340 e. The first-order valence-corrected chi connectivity index (χ1v) is 18.4. The molecule has 0 radical (unpaired) electrons. The Balaban J connectivity index is 0.905. The smallest absolute Gasteiger partial charge is 0.0492 e. The molecule has 0 aliphatic carbocycles. The average Bonchev–Trinajstić information content (AvgIpc) is 3.44. The quantitative estimate of drug-likeness (QED) is 0.103. The maximum atomic E-state index is 3.66. The van der Waals surface area contributed by atoms with Gasteiger partial charge in [-0.1, -0.05) is 115 Å². The highest BCUT2D eigenvalue weighted by Crippen LogP contribution is 2.35. The van der Waals surface area contributed by atoms with Gasteiger partial charge in [-0.15, -0.1) is 0 Å². The van der Waals surface area contributed by atoms with Crippen LogP contribution in [0.2, 0.25) is 0 Å². The molecule has 0 unspecified atom stereocenters. The van der Waals surface area contributed by atoms with Crippen LogP contribution in [0.15, 0.2) is 90.7 Å². The number of hydrogen-bond donors (Lipinski definition) is 0. The molecule has 0 aliphatic rings. The summed E-state index contributed by atoms with van der Waals surface area (Å²) >= 11 is 14.6. The Morgan fingerprint density at radius 3 is 0.833 bits per heavy atom. The Morgan fingerprint density at radius 1 is 0.333 bits per heavy atom. The van der Waals surface area contributed by atoms with E-state index in [4.69, 9.17) is 0 Å². The minimum atomic E-state index is 1.09. The zero-order valence-corrected chi connectivity index (χ0v) is 30.2. The fraction of sp³-hybridized carbons (Fsp3) is 0.333. The summed E-state index contributed by atoms with van der Waals surface area (Å²) in [6, 6.07) is 26.7. The van der Waals surface area contributed by atoms with Gasteiger partial charge in [-0.3, -0.25) is 0 Å². The average molecular weight is 816 g/mol. The first-order chi connectivity index (χ1) is 20.5. The standard InChI is InChI=1S/C36H36Br4N2/c37-25-11-15-33-29(21-25)30-22-26(38)12-16-34(30)41(33)19-9-7-5-3-1-2-4-6-8-10-20-42-35-17-13-27(39)23-31(35)32-24-28(40)14-18-36(32)42/h11-18,21-24H,1-10,19-20H2. The van der Waals surface area contributed by atoms with Gasteiger partial charge in [0.15, 0.2) is 0 Å². The van der Waals surface area contributed by atoms with Crippen molar-refractivity contribution in [2.45, 2.75) is 77.3 Å². The van der Waals surface area contributed by atoms with Gasteiger partial charge in [0, 0.05) is 74.6 Å². The number of halogens is 4. The third kappa shape index (κ3) is 6.72. The van der Waals surface area contributed by atoms with Gasteiger partial charge in [-0.05, 0) is 85.6 Å². The Bertz CT molecular complexity index is 1590. The highest BCUT2D eigenvalue weighted by molar-refractivity contribution is 9.11. The van der Waals surface area contributed by atoms with Crippen LogP contribution in [0.4, 0.5) is 0 Å². The minimum absolute atomic E-state index is 1.09. The molecule has 0 amide bonds. The van der Waals surface area contributed by atoms with E-state index in [-0.39, 0.29) is 0 Å². The Morgan fingerprint density at radius 2 is 0.571 bits per heavy atom. The lowest BCUT2D eigenvalue weighted by Crippen LogP contribution is -1.98. The summed E-state index contributed by atoms with van der Waals surface area (Å²) in [7, 11) is 0. The summed E-state index contributed by atoms with van der Waals surface area (Å²) in [4.78, 5) is 0. The van der Waals surface area contributed by atoms with Gasteiger partial charge < -0.3 is 9.13 Å². The van der Waals surface area contributed by atoms with Crippen molar-refractivity contribution < 1.29 is 0 Å². The fourth-order valence-corrected chi connectivity index (χ4v) is 7.98. The second kappa shape index (κ2) is 14.0. The molecule has 0 saturated heterocycles. The van der Waals surface area contributed by atoms with E-state index in [1.807, 2.05) is 0 Å². The van der Waals surface area contributed by atoms with Crippen molar-refractivity contribution in [2.24, 2.45) is 0 Å². The number of unbranched alkanes of at least 4 members (excludes halogenated alkanes) is 9. The van der Waals surface area contributed by atoms with Crippen LogP contribution in [0, 0.1) is 0 Å². The maximum absolute atomic E-state index is 3.66. The molecule has 0 atom stereocenters. The molecular formula is C36H36Br4N2. The van der Waals surface area contributed by atoms with Crippen LogP contribution >= 0.6 is 63.7 Å². The molecule has 4 aromatic carbocycles. The highest BCUT2D eigenvalue weighted by Gasteiger charge is 2.12. The van der Waals surface area contributed by atoms with Gasteiger partial charge in [0.2, 0.25) is 0 Å². The zero-order valence-electron chi connectivity index (χ0n) is 23.8. The predicted octanol–water partition coefficient (Wildman–Crippen LogP) is 13.6. The van der Waals surface area contributed by atoms with Crippen molar-refractivity contribution >= 4 is 107 Å². The molecule has 2 aromatic heterocycles. The molecule has 6 rings (SSSR count). The molecule has 6 heteroatoms. The van der Waals surface area contributed by atoms with Crippen molar-refractivity contribution in [1.29, 1.82) is 0 Å². The van der Waals surface area contributed by atoms with Crippen molar-refractivity contribution in [2.75, 3.05) is 0 Å². The summed E-state index contributed by atoms with van der Waals surface area (Å²) in [5.74, 6) is 0. The first kappa shape index (κ1) is 30.4. The topological polar surface area (TPSA) is 9.86 Å². The van der Waals surface area contributed by atoms with Crippen molar-refractivity contribution in [3.8, 4) is 0 Å². The molecule has 0 fully saturated rings. The van der Waals surface area contributed by atoms with E-state index in [1.165, 1.54) is 108 Å². The van der Waals surface area contributed by atoms with Gasteiger partial charge in [0.05, 0.1) is 0 Å². The lowest BCUT2D eigenvalue weighted by molar-refractivity contribution is 0.529. The maximum Gasteiger partial charge on any atom is 0.0492 e. The summed E-state index contributed by atoms with van der Waals surface area (Å²) in [6.07, 6.45) is 13.2. The molecule has 0 saturated carbocycles. The third-order valence-corrected chi connectivity index (χ3v) is 10.6. The monoisotopic (exact) mass is 812 g/mol. The van der Waals surface area contributed by atoms with Crippen molar-refractivity contribution in [3.05, 3.63) is 90.7 Å². The van der Waals surface area contributed by atoms with Crippen LogP contribution in [0.3, 0.4) is 0 Å². The van der Waals surface area contributed by atoms with E-state index >= 15 is 0 Å². The number of hydrogen-bond acceptors (Lipinski definition) is 0. The van der Waals surface area contributed by atoms with E-state index in [2.05, 4.69) is 146 Å². The van der Waals surface area contributed by atoms with E-state index in [0.717, 1.165) is 31.0 Å². The first-order valence-electron chi connectivity index (χ1n) is 15.2. The van der Waals surface area contributed by atoms with Crippen molar-refractivity contribution in [1.82, 2.24) is 9.13 Å². The van der Waals surface area contributed by atoms with Gasteiger partial charge >= 0.3 is 0 Å². The van der Waals surface area contributed by atoms with Crippen molar-refractivity contribution in [3.63, 3.8) is 0 Å². The molecule has 0 aliphatic heterocycles. The third-order valence-electron chi connectivity index (χ3n) is 8.59. The Kier molecular flexibility index (Phi) is 10.1. The summed E-state index contributed by atoms with van der Waals surface area (Å²) in [5.41, 5.74) is 5.35. The van der Waals surface area contributed by atoms with E-state index in [1.54, 1.807) is 0 Å². The van der Waals surface area contributed by atoms with E-state index in [0.29, 0.717) is 0 Å². The van der Waals surface area contributed by atoms with Gasteiger partial charge in [0.25, 0.3) is 0 Å². The number of fused-ring (bicyclic) bond motifs is 6. The van der Waals surface area contributed by atoms with Crippen LogP contribution in [0.5, 0.6) is 0 Å². The van der Waals surface area contributed by atoms with Gasteiger partial charge in [-0.25, -0.2) is 0 Å². The highest BCUT2D eigenvalue weighted by atomic mass is 79.9. The second-order valence-electron chi connectivity index (χ2n) is 11.5. The lowest BCUT2D eigenvalue weighted by Gasteiger charge is -2.09. The summed E-state index contributed by atoms with van der Waals surface area (Å²) < 4.78 is 9.58. The predicted molar refractivity (Wildman–Crippen MR) is 196 cm³/mol. The molecule has 2 nitrogen and oxygen atoms in total.